The Hall–Kier alpha value is -0.870. The first-order valence-electron chi connectivity index (χ1n) is 5.56. The molecule has 0 amide bonds. The lowest BCUT2D eigenvalue weighted by Crippen LogP contribution is -2.31. The number of likely N-dealkylation sites (tertiary alicyclic amines) is 1. The molecule has 0 saturated carbocycles. The van der Waals surface area contributed by atoms with Crippen molar-refractivity contribution in [2.75, 3.05) is 20.1 Å². The summed E-state index contributed by atoms with van der Waals surface area (Å²) in [6, 6.07) is 0.648. The number of aryl methyl sites for hydroxylation is 1. The summed E-state index contributed by atoms with van der Waals surface area (Å²) in [7, 11) is 4.17. The van der Waals surface area contributed by atoms with Crippen molar-refractivity contribution in [3.8, 4) is 0 Å². The van der Waals surface area contributed by atoms with E-state index in [2.05, 4.69) is 29.3 Å². The van der Waals surface area contributed by atoms with Crippen LogP contribution in [-0.4, -0.2) is 40.9 Å². The van der Waals surface area contributed by atoms with Crippen LogP contribution in [0.5, 0.6) is 0 Å². The second-order valence-corrected chi connectivity index (χ2v) is 4.51. The van der Waals surface area contributed by atoms with Crippen molar-refractivity contribution in [2.24, 2.45) is 7.05 Å². The minimum atomic E-state index is 0.648. The van der Waals surface area contributed by atoms with Gasteiger partial charge in [-0.25, -0.2) is 0 Å². The van der Waals surface area contributed by atoms with Crippen LogP contribution in [0.2, 0.25) is 0 Å². The maximum atomic E-state index is 4.24. The number of nitrogens with zero attached hydrogens (tertiary/aromatic N) is 3. The summed E-state index contributed by atoms with van der Waals surface area (Å²) in [6.45, 7) is 5.44. The van der Waals surface area contributed by atoms with E-state index in [0.29, 0.717) is 6.04 Å². The molecule has 1 aromatic heterocycles. The highest BCUT2D eigenvalue weighted by molar-refractivity contribution is 5.15. The molecule has 1 saturated heterocycles. The highest BCUT2D eigenvalue weighted by Gasteiger charge is 2.18. The van der Waals surface area contributed by atoms with E-state index in [1.807, 2.05) is 17.9 Å². The summed E-state index contributed by atoms with van der Waals surface area (Å²) >= 11 is 0. The fourth-order valence-electron chi connectivity index (χ4n) is 2.07. The van der Waals surface area contributed by atoms with Gasteiger partial charge >= 0.3 is 0 Å². The Labute approximate surface area is 91.3 Å². The van der Waals surface area contributed by atoms with E-state index in [1.54, 1.807) is 0 Å². The Balaban J connectivity index is 1.85. The molecule has 2 heterocycles. The second kappa shape index (κ2) is 4.33. The fourth-order valence-corrected chi connectivity index (χ4v) is 2.07. The zero-order chi connectivity index (χ0) is 10.8. The Morgan fingerprint density at radius 1 is 1.53 bits per heavy atom. The molecule has 0 spiro atoms. The smallest absolute Gasteiger partial charge is 0.0537 e. The van der Waals surface area contributed by atoms with Gasteiger partial charge in [-0.05, 0) is 26.9 Å². The summed E-state index contributed by atoms with van der Waals surface area (Å²) in [5, 5.41) is 7.83. The molecule has 1 atom stereocenters. The average Bonchev–Trinajstić information content (AvgIpc) is 2.74. The standard InChI is InChI=1S/C11H20N4/c1-9-10(7-13-15(9)3)6-12-11-4-5-14(2)8-11/h7,11-12H,4-6,8H2,1-3H3. The molecule has 4 heteroatoms. The normalized spacial score (nSPS) is 22.5. The van der Waals surface area contributed by atoms with Gasteiger partial charge in [0.1, 0.15) is 0 Å². The Bertz CT molecular complexity index is 331. The average molecular weight is 208 g/mol. The summed E-state index contributed by atoms with van der Waals surface area (Å²) in [4.78, 5) is 2.37. The van der Waals surface area contributed by atoms with E-state index >= 15 is 0 Å². The maximum Gasteiger partial charge on any atom is 0.0537 e. The zero-order valence-corrected chi connectivity index (χ0v) is 9.82. The van der Waals surface area contributed by atoms with Gasteiger partial charge in [0, 0.05) is 37.4 Å². The SMILES string of the molecule is Cc1c(CNC2CCN(C)C2)cnn1C. The van der Waals surface area contributed by atoms with Crippen LogP contribution in [0, 0.1) is 6.92 Å². The molecule has 2 rings (SSSR count). The minimum Gasteiger partial charge on any atom is -0.308 e. The number of rotatable bonds is 3. The molecule has 4 nitrogen and oxygen atoms in total. The quantitative estimate of drug-likeness (QED) is 0.786. The third-order valence-corrected chi connectivity index (χ3v) is 3.31. The van der Waals surface area contributed by atoms with Crippen molar-refractivity contribution in [1.29, 1.82) is 0 Å². The molecular weight excluding hydrogens is 188 g/mol. The highest BCUT2D eigenvalue weighted by Crippen LogP contribution is 2.09. The van der Waals surface area contributed by atoms with Crippen molar-refractivity contribution >= 4 is 0 Å². The third-order valence-electron chi connectivity index (χ3n) is 3.31. The van der Waals surface area contributed by atoms with Gasteiger partial charge in [-0.15, -0.1) is 0 Å². The van der Waals surface area contributed by atoms with Gasteiger partial charge in [-0.2, -0.15) is 5.10 Å². The van der Waals surface area contributed by atoms with Crippen molar-refractivity contribution in [3.05, 3.63) is 17.5 Å². The largest absolute Gasteiger partial charge is 0.308 e. The predicted octanol–water partition coefficient (Wildman–Crippen LogP) is 0.522. The van der Waals surface area contributed by atoms with Crippen molar-refractivity contribution in [2.45, 2.75) is 25.9 Å². The molecule has 1 N–H and O–H groups in total. The molecule has 0 aliphatic carbocycles. The molecule has 1 unspecified atom stereocenters. The van der Waals surface area contributed by atoms with E-state index < -0.39 is 0 Å². The minimum absolute atomic E-state index is 0.648. The molecule has 84 valence electrons. The van der Waals surface area contributed by atoms with E-state index in [1.165, 1.54) is 30.8 Å². The van der Waals surface area contributed by atoms with Crippen LogP contribution in [-0.2, 0) is 13.6 Å². The van der Waals surface area contributed by atoms with Gasteiger partial charge < -0.3 is 10.2 Å². The summed E-state index contributed by atoms with van der Waals surface area (Å²) in [6.07, 6.45) is 3.22. The summed E-state index contributed by atoms with van der Waals surface area (Å²) < 4.78 is 1.93. The van der Waals surface area contributed by atoms with Crippen LogP contribution in [0.15, 0.2) is 6.20 Å². The molecular formula is C11H20N4. The first kappa shape index (κ1) is 10.6. The lowest BCUT2D eigenvalue weighted by atomic mass is 10.2. The zero-order valence-electron chi connectivity index (χ0n) is 9.82. The molecule has 0 radical (unpaired) electrons. The lowest BCUT2D eigenvalue weighted by molar-refractivity contribution is 0.397. The first-order chi connectivity index (χ1) is 7.16. The van der Waals surface area contributed by atoms with E-state index in [9.17, 15) is 0 Å². The van der Waals surface area contributed by atoms with Crippen LogP contribution in [0.1, 0.15) is 17.7 Å². The monoisotopic (exact) mass is 208 g/mol. The highest BCUT2D eigenvalue weighted by atomic mass is 15.3. The number of aromatic nitrogens is 2. The molecule has 0 bridgehead atoms. The van der Waals surface area contributed by atoms with Crippen molar-refractivity contribution in [3.63, 3.8) is 0 Å². The number of hydrogen-bond donors (Lipinski definition) is 1. The van der Waals surface area contributed by atoms with E-state index in [0.717, 1.165) is 6.54 Å². The van der Waals surface area contributed by atoms with Gasteiger partial charge in [0.15, 0.2) is 0 Å². The van der Waals surface area contributed by atoms with Crippen molar-refractivity contribution < 1.29 is 0 Å². The molecule has 1 aromatic rings. The second-order valence-electron chi connectivity index (χ2n) is 4.51. The van der Waals surface area contributed by atoms with Gasteiger partial charge in [-0.1, -0.05) is 0 Å². The van der Waals surface area contributed by atoms with E-state index in [-0.39, 0.29) is 0 Å². The number of likely N-dealkylation sites (N-methyl/N-ethyl adjacent to an activating group) is 1. The Morgan fingerprint density at radius 3 is 2.87 bits per heavy atom. The first-order valence-corrected chi connectivity index (χ1v) is 5.56. The van der Waals surface area contributed by atoms with E-state index in [4.69, 9.17) is 0 Å². The van der Waals surface area contributed by atoms with Crippen LogP contribution < -0.4 is 5.32 Å². The van der Waals surface area contributed by atoms with Crippen LogP contribution >= 0.6 is 0 Å². The summed E-state index contributed by atoms with van der Waals surface area (Å²) in [5.41, 5.74) is 2.57. The van der Waals surface area contributed by atoms with Gasteiger partial charge in [0.25, 0.3) is 0 Å². The number of nitrogens with one attached hydrogen (secondary N) is 1. The molecule has 0 aromatic carbocycles. The molecule has 1 aliphatic rings. The van der Waals surface area contributed by atoms with Crippen molar-refractivity contribution in [1.82, 2.24) is 20.0 Å². The maximum absolute atomic E-state index is 4.24. The van der Waals surface area contributed by atoms with Crippen LogP contribution in [0.4, 0.5) is 0 Å². The van der Waals surface area contributed by atoms with Crippen LogP contribution in [0.25, 0.3) is 0 Å². The van der Waals surface area contributed by atoms with Gasteiger partial charge in [-0.3, -0.25) is 4.68 Å². The lowest BCUT2D eigenvalue weighted by Gasteiger charge is -2.12. The molecule has 15 heavy (non-hydrogen) atoms. The van der Waals surface area contributed by atoms with Gasteiger partial charge in [0.2, 0.25) is 0 Å². The van der Waals surface area contributed by atoms with Gasteiger partial charge in [0.05, 0.1) is 6.20 Å². The summed E-state index contributed by atoms with van der Waals surface area (Å²) in [5.74, 6) is 0. The molecule has 1 fully saturated rings. The predicted molar refractivity (Wildman–Crippen MR) is 60.7 cm³/mol. The van der Waals surface area contributed by atoms with Crippen LogP contribution in [0.3, 0.4) is 0 Å². The number of hydrogen-bond acceptors (Lipinski definition) is 3. The topological polar surface area (TPSA) is 33.1 Å². The fraction of sp³-hybridized carbons (Fsp3) is 0.727. The Morgan fingerprint density at radius 2 is 2.33 bits per heavy atom. The third kappa shape index (κ3) is 2.38. The Kier molecular flexibility index (Phi) is 3.07. The molecule has 1 aliphatic heterocycles.